The van der Waals surface area contributed by atoms with Gasteiger partial charge in [0.25, 0.3) is 0 Å². The second-order valence-corrected chi connectivity index (χ2v) is 5.13. The second kappa shape index (κ2) is 3.41. The average Bonchev–Trinajstić information content (AvgIpc) is 2.25. The first-order valence-electron chi connectivity index (χ1n) is 5.82. The van der Waals surface area contributed by atoms with Crippen molar-refractivity contribution in [2.75, 3.05) is 0 Å². The Kier molecular flexibility index (Phi) is 2.10. The standard InChI is InChI=1S/C15H14O2/c1-15(17)8-12-6-10-4-2-3-5-11(10)7-13(12)14(16)9-15/h2-7,17H,8-9H2,1H3. The SMILES string of the molecule is CC1(O)CC(=O)c2cc3ccccc3cc2C1. The molecule has 0 saturated heterocycles. The molecule has 0 aliphatic heterocycles. The van der Waals surface area contributed by atoms with Gasteiger partial charge in [-0.1, -0.05) is 30.3 Å². The molecule has 1 unspecified atom stereocenters. The van der Waals surface area contributed by atoms with E-state index in [0.29, 0.717) is 6.42 Å². The second-order valence-electron chi connectivity index (χ2n) is 5.13. The van der Waals surface area contributed by atoms with E-state index in [-0.39, 0.29) is 12.2 Å². The van der Waals surface area contributed by atoms with Crippen LogP contribution in [0, 0.1) is 0 Å². The summed E-state index contributed by atoms with van der Waals surface area (Å²) >= 11 is 0. The Bertz CT molecular complexity index is 611. The van der Waals surface area contributed by atoms with Crippen molar-refractivity contribution in [3.05, 3.63) is 47.5 Å². The zero-order chi connectivity index (χ0) is 12.0. The molecule has 0 heterocycles. The fraction of sp³-hybridized carbons (Fsp3) is 0.267. The lowest BCUT2D eigenvalue weighted by Crippen LogP contribution is -2.35. The maximum atomic E-state index is 12.0. The third kappa shape index (κ3) is 1.75. The molecule has 1 atom stereocenters. The molecule has 2 heteroatoms. The Morgan fingerprint density at radius 2 is 1.76 bits per heavy atom. The van der Waals surface area contributed by atoms with E-state index in [4.69, 9.17) is 0 Å². The third-order valence-corrected chi connectivity index (χ3v) is 3.38. The number of carbonyl (C=O) groups is 1. The Hall–Kier alpha value is -1.67. The van der Waals surface area contributed by atoms with Gasteiger partial charge in [-0.2, -0.15) is 0 Å². The van der Waals surface area contributed by atoms with E-state index in [1.54, 1.807) is 6.92 Å². The highest BCUT2D eigenvalue weighted by atomic mass is 16.3. The zero-order valence-electron chi connectivity index (χ0n) is 9.73. The Balaban J connectivity index is 2.25. The molecule has 17 heavy (non-hydrogen) atoms. The van der Waals surface area contributed by atoms with E-state index in [1.165, 1.54) is 0 Å². The zero-order valence-corrected chi connectivity index (χ0v) is 9.73. The summed E-state index contributed by atoms with van der Waals surface area (Å²) in [5.74, 6) is 0.0435. The van der Waals surface area contributed by atoms with E-state index in [2.05, 4.69) is 0 Å². The molecule has 1 N–H and O–H groups in total. The predicted octanol–water partition coefficient (Wildman–Crippen LogP) is 2.72. The number of benzene rings is 2. The fourth-order valence-electron chi connectivity index (χ4n) is 2.61. The monoisotopic (exact) mass is 226 g/mol. The summed E-state index contributed by atoms with van der Waals surface area (Å²) in [5, 5.41) is 12.2. The van der Waals surface area contributed by atoms with Crippen LogP contribution < -0.4 is 0 Å². The Labute approximate surface area is 99.9 Å². The number of hydrogen-bond donors (Lipinski definition) is 1. The quantitative estimate of drug-likeness (QED) is 0.750. The molecule has 3 rings (SSSR count). The minimum atomic E-state index is -0.896. The van der Waals surface area contributed by atoms with E-state index < -0.39 is 5.60 Å². The molecule has 0 bridgehead atoms. The Morgan fingerprint density at radius 3 is 2.47 bits per heavy atom. The molecule has 0 saturated carbocycles. The van der Waals surface area contributed by atoms with Crippen molar-refractivity contribution >= 4 is 16.6 Å². The van der Waals surface area contributed by atoms with Crippen LogP contribution in [0.25, 0.3) is 10.8 Å². The summed E-state index contributed by atoms with van der Waals surface area (Å²) < 4.78 is 0. The maximum absolute atomic E-state index is 12.0. The van der Waals surface area contributed by atoms with Gasteiger partial charge in [0.15, 0.2) is 5.78 Å². The topological polar surface area (TPSA) is 37.3 Å². The first kappa shape index (κ1) is 10.5. The number of rotatable bonds is 0. The lowest BCUT2D eigenvalue weighted by molar-refractivity contribution is 0.0412. The number of fused-ring (bicyclic) bond motifs is 2. The van der Waals surface area contributed by atoms with Crippen LogP contribution in [0.5, 0.6) is 0 Å². The summed E-state index contributed by atoms with van der Waals surface area (Å²) in [4.78, 5) is 12.0. The molecule has 1 aliphatic rings. The van der Waals surface area contributed by atoms with Gasteiger partial charge in [0, 0.05) is 18.4 Å². The van der Waals surface area contributed by atoms with Crippen LogP contribution in [0.2, 0.25) is 0 Å². The summed E-state index contributed by atoms with van der Waals surface area (Å²) in [6, 6.07) is 12.0. The molecule has 0 aromatic heterocycles. The van der Waals surface area contributed by atoms with E-state index in [9.17, 15) is 9.90 Å². The number of hydrogen-bond acceptors (Lipinski definition) is 2. The van der Waals surface area contributed by atoms with Gasteiger partial charge in [0.05, 0.1) is 5.60 Å². The minimum absolute atomic E-state index is 0.0435. The molecular weight excluding hydrogens is 212 g/mol. The first-order valence-corrected chi connectivity index (χ1v) is 5.82. The van der Waals surface area contributed by atoms with Gasteiger partial charge >= 0.3 is 0 Å². The molecule has 0 fully saturated rings. The van der Waals surface area contributed by atoms with E-state index in [0.717, 1.165) is 21.9 Å². The van der Waals surface area contributed by atoms with Crippen LogP contribution >= 0.6 is 0 Å². The number of ketones is 1. The van der Waals surface area contributed by atoms with Crippen LogP contribution in [0.15, 0.2) is 36.4 Å². The molecule has 1 aliphatic carbocycles. The molecule has 2 aromatic carbocycles. The van der Waals surface area contributed by atoms with Gasteiger partial charge in [-0.25, -0.2) is 0 Å². The van der Waals surface area contributed by atoms with Gasteiger partial charge < -0.3 is 5.11 Å². The average molecular weight is 226 g/mol. The van der Waals surface area contributed by atoms with Crippen molar-refractivity contribution < 1.29 is 9.90 Å². The van der Waals surface area contributed by atoms with Gasteiger partial charge in [0.1, 0.15) is 0 Å². The highest BCUT2D eigenvalue weighted by Crippen LogP contribution is 2.31. The van der Waals surface area contributed by atoms with E-state index >= 15 is 0 Å². The predicted molar refractivity (Wildman–Crippen MR) is 67.2 cm³/mol. The summed E-state index contributed by atoms with van der Waals surface area (Å²) in [7, 11) is 0. The molecule has 0 radical (unpaired) electrons. The van der Waals surface area contributed by atoms with Crippen molar-refractivity contribution in [2.45, 2.75) is 25.4 Å². The van der Waals surface area contributed by atoms with Crippen molar-refractivity contribution in [3.63, 3.8) is 0 Å². The molecular formula is C15H14O2. The van der Waals surface area contributed by atoms with Crippen molar-refractivity contribution in [1.82, 2.24) is 0 Å². The largest absolute Gasteiger partial charge is 0.389 e. The lowest BCUT2D eigenvalue weighted by Gasteiger charge is -2.29. The summed E-state index contributed by atoms with van der Waals surface area (Å²) in [6.07, 6.45) is 0.775. The molecule has 0 spiro atoms. The first-order chi connectivity index (χ1) is 8.05. The number of Topliss-reactive ketones (excluding diaryl/α,β-unsaturated/α-hetero) is 1. The number of carbonyl (C=O) groups excluding carboxylic acids is 1. The smallest absolute Gasteiger partial charge is 0.166 e. The van der Waals surface area contributed by atoms with Crippen LogP contribution in [-0.4, -0.2) is 16.5 Å². The normalized spacial score (nSPS) is 23.8. The Morgan fingerprint density at radius 1 is 1.12 bits per heavy atom. The van der Waals surface area contributed by atoms with Crippen molar-refractivity contribution in [1.29, 1.82) is 0 Å². The van der Waals surface area contributed by atoms with Crippen LogP contribution in [0.3, 0.4) is 0 Å². The molecule has 2 aromatic rings. The fourth-order valence-corrected chi connectivity index (χ4v) is 2.61. The van der Waals surface area contributed by atoms with Gasteiger partial charge in [0.2, 0.25) is 0 Å². The third-order valence-electron chi connectivity index (χ3n) is 3.38. The maximum Gasteiger partial charge on any atom is 0.166 e. The van der Waals surface area contributed by atoms with Gasteiger partial charge in [-0.05, 0) is 29.3 Å². The van der Waals surface area contributed by atoms with E-state index in [1.807, 2.05) is 36.4 Å². The summed E-state index contributed by atoms with van der Waals surface area (Å²) in [5.41, 5.74) is 0.840. The van der Waals surface area contributed by atoms with Crippen molar-refractivity contribution in [3.8, 4) is 0 Å². The van der Waals surface area contributed by atoms with Crippen LogP contribution in [0.1, 0.15) is 29.3 Å². The number of aliphatic hydroxyl groups is 1. The lowest BCUT2D eigenvalue weighted by atomic mass is 9.80. The van der Waals surface area contributed by atoms with Gasteiger partial charge in [-0.3, -0.25) is 4.79 Å². The highest BCUT2D eigenvalue weighted by molar-refractivity contribution is 6.03. The molecule has 0 amide bonds. The van der Waals surface area contributed by atoms with Crippen molar-refractivity contribution in [2.24, 2.45) is 0 Å². The van der Waals surface area contributed by atoms with Gasteiger partial charge in [-0.15, -0.1) is 0 Å². The highest BCUT2D eigenvalue weighted by Gasteiger charge is 2.32. The molecule has 2 nitrogen and oxygen atoms in total. The minimum Gasteiger partial charge on any atom is -0.389 e. The van der Waals surface area contributed by atoms with Crippen LogP contribution in [-0.2, 0) is 6.42 Å². The summed E-state index contributed by atoms with van der Waals surface area (Å²) in [6.45, 7) is 1.73. The van der Waals surface area contributed by atoms with Crippen LogP contribution in [0.4, 0.5) is 0 Å². The molecule has 86 valence electrons.